The number of ether oxygens (including phenoxy) is 1. The molecule has 0 aliphatic heterocycles. The summed E-state index contributed by atoms with van der Waals surface area (Å²) >= 11 is 0. The smallest absolute Gasteiger partial charge is 0.285 e. The number of hydrogen-bond acceptors (Lipinski definition) is 5. The highest BCUT2D eigenvalue weighted by molar-refractivity contribution is 5.80. The molecule has 7 heteroatoms. The largest absolute Gasteiger partial charge is 0.494 e. The predicted molar refractivity (Wildman–Crippen MR) is 113 cm³/mol. The van der Waals surface area contributed by atoms with Crippen LogP contribution in [0.3, 0.4) is 0 Å². The minimum atomic E-state index is -0.270. The summed E-state index contributed by atoms with van der Waals surface area (Å²) in [6.07, 6.45) is 6.67. The van der Waals surface area contributed by atoms with Crippen molar-refractivity contribution in [2.24, 2.45) is 5.10 Å². The summed E-state index contributed by atoms with van der Waals surface area (Å²) in [6.45, 7) is 2.84. The summed E-state index contributed by atoms with van der Waals surface area (Å²) in [7, 11) is 0. The minimum Gasteiger partial charge on any atom is -0.494 e. The number of benzene rings is 2. The van der Waals surface area contributed by atoms with Gasteiger partial charge in [-0.05, 0) is 48.4 Å². The standard InChI is InChI=1S/C22H21N5O2/c1-2-3-13-29-19-11-9-17(10-12-19)14-24-26-16-23-21-20(22(26)28)15-25-27(21)18-7-5-4-6-8-18/h4-12,14-16H,2-3,13H2,1H3/b24-14-. The van der Waals surface area contributed by atoms with Gasteiger partial charge in [0.05, 0.1) is 24.7 Å². The Kier molecular flexibility index (Phi) is 5.47. The molecule has 2 aromatic heterocycles. The van der Waals surface area contributed by atoms with E-state index in [0.717, 1.165) is 29.8 Å². The Morgan fingerprint density at radius 3 is 2.66 bits per heavy atom. The highest BCUT2D eigenvalue weighted by atomic mass is 16.5. The van der Waals surface area contributed by atoms with Crippen molar-refractivity contribution in [1.82, 2.24) is 19.4 Å². The number of para-hydroxylation sites is 1. The molecule has 4 rings (SSSR count). The molecule has 0 bridgehead atoms. The molecule has 4 aromatic rings. The number of hydrogen-bond donors (Lipinski definition) is 0. The van der Waals surface area contributed by atoms with Crippen LogP contribution >= 0.6 is 0 Å². The van der Waals surface area contributed by atoms with E-state index in [1.807, 2.05) is 54.6 Å². The van der Waals surface area contributed by atoms with E-state index in [0.29, 0.717) is 17.6 Å². The third-order valence-corrected chi connectivity index (χ3v) is 4.45. The van der Waals surface area contributed by atoms with Crippen LogP contribution in [0.2, 0.25) is 0 Å². The molecule has 0 saturated carbocycles. The van der Waals surface area contributed by atoms with Gasteiger partial charge in [-0.25, -0.2) is 9.67 Å². The molecule has 0 fully saturated rings. The average molecular weight is 387 g/mol. The van der Waals surface area contributed by atoms with E-state index < -0.39 is 0 Å². The van der Waals surface area contributed by atoms with E-state index in [-0.39, 0.29) is 5.56 Å². The Morgan fingerprint density at radius 1 is 1.10 bits per heavy atom. The first-order valence-corrected chi connectivity index (χ1v) is 9.54. The maximum Gasteiger partial charge on any atom is 0.285 e. The second-order valence-electron chi connectivity index (χ2n) is 6.54. The van der Waals surface area contributed by atoms with Crippen molar-refractivity contribution >= 4 is 17.2 Å². The number of aromatic nitrogens is 4. The van der Waals surface area contributed by atoms with Crippen LogP contribution in [-0.2, 0) is 0 Å². The van der Waals surface area contributed by atoms with E-state index >= 15 is 0 Å². The third-order valence-electron chi connectivity index (χ3n) is 4.45. The van der Waals surface area contributed by atoms with Crippen LogP contribution in [0.15, 0.2) is 77.0 Å². The Bertz CT molecular complexity index is 1180. The van der Waals surface area contributed by atoms with E-state index in [9.17, 15) is 4.79 Å². The lowest BCUT2D eigenvalue weighted by Gasteiger charge is -2.05. The molecular formula is C22H21N5O2. The van der Waals surface area contributed by atoms with Crippen LogP contribution < -0.4 is 10.3 Å². The fourth-order valence-corrected chi connectivity index (χ4v) is 2.86. The lowest BCUT2D eigenvalue weighted by atomic mass is 10.2. The van der Waals surface area contributed by atoms with Crippen LogP contribution in [0, 0.1) is 0 Å². The normalized spacial score (nSPS) is 11.3. The lowest BCUT2D eigenvalue weighted by molar-refractivity contribution is 0.309. The summed E-state index contributed by atoms with van der Waals surface area (Å²) in [6, 6.07) is 17.2. The minimum absolute atomic E-state index is 0.270. The van der Waals surface area contributed by atoms with Gasteiger partial charge in [0, 0.05) is 0 Å². The molecule has 0 N–H and O–H groups in total. The third kappa shape index (κ3) is 4.08. The number of rotatable bonds is 7. The Hall–Kier alpha value is -3.74. The topological polar surface area (TPSA) is 74.3 Å². The Balaban J connectivity index is 1.56. The van der Waals surface area contributed by atoms with Gasteiger partial charge < -0.3 is 4.74 Å². The number of fused-ring (bicyclic) bond motifs is 1. The van der Waals surface area contributed by atoms with Crippen molar-refractivity contribution in [3.8, 4) is 11.4 Å². The first-order chi connectivity index (χ1) is 14.3. The van der Waals surface area contributed by atoms with Gasteiger partial charge in [0.1, 0.15) is 17.5 Å². The molecule has 146 valence electrons. The van der Waals surface area contributed by atoms with Gasteiger partial charge in [0.2, 0.25) is 0 Å². The first-order valence-electron chi connectivity index (χ1n) is 9.54. The number of unbranched alkanes of at least 4 members (excludes halogenated alkanes) is 1. The molecule has 0 aliphatic rings. The van der Waals surface area contributed by atoms with E-state index in [2.05, 4.69) is 22.1 Å². The Morgan fingerprint density at radius 2 is 1.90 bits per heavy atom. The molecule has 0 unspecified atom stereocenters. The summed E-state index contributed by atoms with van der Waals surface area (Å²) in [5.41, 5.74) is 1.94. The molecule has 0 amide bonds. The molecule has 2 heterocycles. The molecule has 29 heavy (non-hydrogen) atoms. The van der Waals surface area contributed by atoms with Gasteiger partial charge in [-0.2, -0.15) is 14.9 Å². The van der Waals surface area contributed by atoms with Crippen molar-refractivity contribution in [3.05, 3.63) is 83.0 Å². The molecular weight excluding hydrogens is 366 g/mol. The second kappa shape index (κ2) is 8.52. The summed E-state index contributed by atoms with van der Waals surface area (Å²) in [5.74, 6) is 0.823. The predicted octanol–water partition coefficient (Wildman–Crippen LogP) is 3.64. The lowest BCUT2D eigenvalue weighted by Crippen LogP contribution is -2.17. The summed E-state index contributed by atoms with van der Waals surface area (Å²) in [4.78, 5) is 17.1. The van der Waals surface area contributed by atoms with Gasteiger partial charge >= 0.3 is 0 Å². The zero-order chi connectivity index (χ0) is 20.1. The maximum atomic E-state index is 12.7. The van der Waals surface area contributed by atoms with Gasteiger partial charge in [-0.3, -0.25) is 4.79 Å². The van der Waals surface area contributed by atoms with Gasteiger partial charge in [-0.1, -0.05) is 31.5 Å². The quantitative estimate of drug-likeness (QED) is 0.358. The average Bonchev–Trinajstić information content (AvgIpc) is 3.20. The molecule has 7 nitrogen and oxygen atoms in total. The maximum absolute atomic E-state index is 12.7. The van der Waals surface area contributed by atoms with Crippen LogP contribution in [0.1, 0.15) is 25.3 Å². The molecule has 0 aliphatic carbocycles. The van der Waals surface area contributed by atoms with Crippen molar-refractivity contribution in [2.45, 2.75) is 19.8 Å². The second-order valence-corrected chi connectivity index (χ2v) is 6.54. The van der Waals surface area contributed by atoms with Crippen molar-refractivity contribution < 1.29 is 4.74 Å². The van der Waals surface area contributed by atoms with Crippen molar-refractivity contribution in [1.29, 1.82) is 0 Å². The van der Waals surface area contributed by atoms with Crippen LogP contribution in [0.25, 0.3) is 16.7 Å². The SMILES string of the molecule is CCCCOc1ccc(/C=N\n2cnc3c(cnn3-c3ccccc3)c2=O)cc1. The van der Waals surface area contributed by atoms with Crippen molar-refractivity contribution in [2.75, 3.05) is 6.61 Å². The van der Waals surface area contributed by atoms with Gasteiger partial charge in [0.15, 0.2) is 5.65 Å². The van der Waals surface area contributed by atoms with E-state index in [1.165, 1.54) is 17.2 Å². The summed E-state index contributed by atoms with van der Waals surface area (Å²) < 4.78 is 8.51. The fraction of sp³-hybridized carbons (Fsp3) is 0.182. The highest BCUT2D eigenvalue weighted by Crippen LogP contribution is 2.13. The molecule has 0 saturated heterocycles. The monoisotopic (exact) mass is 387 g/mol. The van der Waals surface area contributed by atoms with E-state index in [4.69, 9.17) is 4.74 Å². The zero-order valence-electron chi connectivity index (χ0n) is 16.1. The molecule has 0 spiro atoms. The fourth-order valence-electron chi connectivity index (χ4n) is 2.86. The van der Waals surface area contributed by atoms with Crippen LogP contribution in [0.5, 0.6) is 5.75 Å². The summed E-state index contributed by atoms with van der Waals surface area (Å²) in [5, 5.41) is 8.96. The molecule has 2 aromatic carbocycles. The van der Waals surface area contributed by atoms with Gasteiger partial charge in [0.25, 0.3) is 5.56 Å². The van der Waals surface area contributed by atoms with E-state index in [1.54, 1.807) is 10.9 Å². The number of nitrogens with zero attached hydrogens (tertiary/aromatic N) is 5. The van der Waals surface area contributed by atoms with Gasteiger partial charge in [-0.15, -0.1) is 0 Å². The van der Waals surface area contributed by atoms with Crippen LogP contribution in [0.4, 0.5) is 0 Å². The molecule has 0 radical (unpaired) electrons. The highest BCUT2D eigenvalue weighted by Gasteiger charge is 2.10. The Labute approximate surface area is 167 Å². The van der Waals surface area contributed by atoms with Crippen LogP contribution in [-0.4, -0.2) is 32.3 Å². The van der Waals surface area contributed by atoms with Crippen molar-refractivity contribution in [3.63, 3.8) is 0 Å². The zero-order valence-corrected chi connectivity index (χ0v) is 16.1. The molecule has 0 atom stereocenters. The first kappa shape index (κ1) is 18.6.